The number of carbonyl (C=O) groups is 1. The number of methoxy groups -OCH3 is 1. The average molecular weight is 382 g/mol. The number of hydrogen-bond acceptors (Lipinski definition) is 6. The molecule has 0 N–H and O–H groups in total. The summed E-state index contributed by atoms with van der Waals surface area (Å²) in [5.41, 5.74) is 0.378. The first-order valence-corrected chi connectivity index (χ1v) is 8.54. The molecule has 3 rings (SSSR count). The third kappa shape index (κ3) is 3.44. The van der Waals surface area contributed by atoms with Crippen molar-refractivity contribution in [1.82, 2.24) is 0 Å². The summed E-state index contributed by atoms with van der Waals surface area (Å²) in [6.07, 6.45) is 0. The zero-order chi connectivity index (χ0) is 20.4. The van der Waals surface area contributed by atoms with E-state index in [4.69, 9.17) is 9.15 Å². The molecule has 0 spiro atoms. The highest BCUT2D eigenvalue weighted by atomic mass is 16.6. The number of amides is 1. The molecule has 2 aromatic carbocycles. The molecule has 8 nitrogen and oxygen atoms in total. The second kappa shape index (κ2) is 7.51. The van der Waals surface area contributed by atoms with Gasteiger partial charge >= 0.3 is 5.63 Å². The van der Waals surface area contributed by atoms with Crippen LogP contribution in [-0.2, 0) is 0 Å². The molecule has 28 heavy (non-hydrogen) atoms. The molecule has 8 heteroatoms. The molecule has 144 valence electrons. The van der Waals surface area contributed by atoms with Gasteiger partial charge in [-0.05, 0) is 37.6 Å². The van der Waals surface area contributed by atoms with Crippen molar-refractivity contribution in [3.8, 4) is 5.75 Å². The Morgan fingerprint density at radius 3 is 2.61 bits per heavy atom. The van der Waals surface area contributed by atoms with Gasteiger partial charge in [-0.15, -0.1) is 0 Å². The van der Waals surface area contributed by atoms with Crippen LogP contribution in [0.2, 0.25) is 0 Å². The summed E-state index contributed by atoms with van der Waals surface area (Å²) in [5.74, 6) is -0.499. The van der Waals surface area contributed by atoms with E-state index in [9.17, 15) is 19.7 Å². The highest BCUT2D eigenvalue weighted by molar-refractivity contribution is 6.07. The number of nitro groups is 1. The Morgan fingerprint density at radius 1 is 1.25 bits per heavy atom. The van der Waals surface area contributed by atoms with Gasteiger partial charge in [-0.2, -0.15) is 0 Å². The maximum Gasteiger partial charge on any atom is 0.349 e. The lowest BCUT2D eigenvalue weighted by Crippen LogP contribution is -2.34. The van der Waals surface area contributed by atoms with Gasteiger partial charge in [0.15, 0.2) is 11.3 Å². The lowest BCUT2D eigenvalue weighted by Gasteiger charge is -2.21. The van der Waals surface area contributed by atoms with Crippen molar-refractivity contribution in [3.63, 3.8) is 0 Å². The summed E-state index contributed by atoms with van der Waals surface area (Å²) in [4.78, 5) is 37.5. The van der Waals surface area contributed by atoms with E-state index in [0.29, 0.717) is 12.2 Å². The summed E-state index contributed by atoms with van der Waals surface area (Å²) < 4.78 is 10.4. The van der Waals surface area contributed by atoms with E-state index in [-0.39, 0.29) is 28.0 Å². The second-order valence-electron chi connectivity index (χ2n) is 6.16. The van der Waals surface area contributed by atoms with Crippen LogP contribution < -0.4 is 15.3 Å². The smallest absolute Gasteiger partial charge is 0.349 e. The van der Waals surface area contributed by atoms with Gasteiger partial charge in [0.1, 0.15) is 5.56 Å². The van der Waals surface area contributed by atoms with Crippen molar-refractivity contribution in [1.29, 1.82) is 0 Å². The Bertz CT molecular complexity index is 1140. The van der Waals surface area contributed by atoms with Crippen molar-refractivity contribution in [2.45, 2.75) is 13.8 Å². The van der Waals surface area contributed by atoms with Crippen LogP contribution in [0, 0.1) is 17.0 Å². The molecule has 0 radical (unpaired) electrons. The molecule has 0 unspecified atom stereocenters. The van der Waals surface area contributed by atoms with Crippen LogP contribution in [-0.4, -0.2) is 24.5 Å². The highest BCUT2D eigenvalue weighted by Gasteiger charge is 2.23. The van der Waals surface area contributed by atoms with E-state index in [1.165, 1.54) is 24.1 Å². The highest BCUT2D eigenvalue weighted by Crippen LogP contribution is 2.31. The van der Waals surface area contributed by atoms with E-state index < -0.39 is 16.5 Å². The molecular weight excluding hydrogens is 364 g/mol. The van der Waals surface area contributed by atoms with E-state index in [1.807, 2.05) is 25.1 Å². The summed E-state index contributed by atoms with van der Waals surface area (Å²) in [5, 5.41) is 11.4. The van der Waals surface area contributed by atoms with Crippen LogP contribution in [0.4, 0.5) is 11.4 Å². The van der Waals surface area contributed by atoms with Crippen molar-refractivity contribution in [3.05, 3.63) is 74.1 Å². The van der Waals surface area contributed by atoms with Gasteiger partial charge in [0.25, 0.3) is 11.6 Å². The molecule has 1 aromatic heterocycles. The Balaban J connectivity index is 2.16. The molecular formula is C20H18N2O6. The summed E-state index contributed by atoms with van der Waals surface area (Å²) in [7, 11) is 1.31. The molecule has 0 saturated heterocycles. The van der Waals surface area contributed by atoms with Crippen molar-refractivity contribution < 1.29 is 18.9 Å². The van der Waals surface area contributed by atoms with E-state index >= 15 is 0 Å². The fourth-order valence-corrected chi connectivity index (χ4v) is 2.98. The number of ether oxygens (including phenoxy) is 1. The number of nitro benzene ring substituents is 1. The molecule has 0 saturated carbocycles. The largest absolute Gasteiger partial charge is 0.493 e. The number of non-ortho nitro benzene ring substituents is 1. The van der Waals surface area contributed by atoms with E-state index in [0.717, 1.165) is 11.6 Å². The monoisotopic (exact) mass is 382 g/mol. The van der Waals surface area contributed by atoms with Crippen molar-refractivity contribution in [2.24, 2.45) is 0 Å². The van der Waals surface area contributed by atoms with Crippen molar-refractivity contribution >= 4 is 28.3 Å². The number of fused-ring (bicyclic) bond motifs is 1. The van der Waals surface area contributed by atoms with Crippen LogP contribution >= 0.6 is 0 Å². The van der Waals surface area contributed by atoms with Gasteiger partial charge < -0.3 is 14.1 Å². The van der Waals surface area contributed by atoms with Crippen LogP contribution in [0.3, 0.4) is 0 Å². The molecule has 3 aromatic rings. The lowest BCUT2D eigenvalue weighted by molar-refractivity contribution is -0.384. The topological polar surface area (TPSA) is 103 Å². The van der Waals surface area contributed by atoms with Gasteiger partial charge in [0.05, 0.1) is 18.1 Å². The van der Waals surface area contributed by atoms with Gasteiger partial charge in [-0.1, -0.05) is 12.1 Å². The lowest BCUT2D eigenvalue weighted by atomic mass is 10.1. The third-order valence-corrected chi connectivity index (χ3v) is 4.32. The molecule has 1 amide bonds. The number of aryl methyl sites for hydroxylation is 1. The Morgan fingerprint density at radius 2 is 2.00 bits per heavy atom. The second-order valence-corrected chi connectivity index (χ2v) is 6.16. The summed E-state index contributed by atoms with van der Waals surface area (Å²) >= 11 is 0. The number of carbonyl (C=O) groups excluding carboxylic acids is 1. The normalized spacial score (nSPS) is 10.7. The van der Waals surface area contributed by atoms with E-state index in [1.54, 1.807) is 13.0 Å². The molecule has 0 aliphatic carbocycles. The number of benzene rings is 2. The van der Waals surface area contributed by atoms with Crippen molar-refractivity contribution in [2.75, 3.05) is 18.6 Å². The molecule has 0 bridgehead atoms. The minimum atomic E-state index is -0.837. The van der Waals surface area contributed by atoms with Gasteiger partial charge in [-0.3, -0.25) is 14.9 Å². The fraction of sp³-hybridized carbons (Fsp3) is 0.200. The van der Waals surface area contributed by atoms with Crippen LogP contribution in [0.1, 0.15) is 22.8 Å². The average Bonchev–Trinajstić information content (AvgIpc) is 2.67. The molecule has 0 atom stereocenters. The number of rotatable bonds is 5. The Labute approximate surface area is 160 Å². The van der Waals surface area contributed by atoms with Gasteiger partial charge in [-0.25, -0.2) is 4.79 Å². The van der Waals surface area contributed by atoms with Crippen LogP contribution in [0.15, 0.2) is 51.7 Å². The first-order valence-electron chi connectivity index (χ1n) is 8.54. The molecule has 0 aliphatic rings. The zero-order valence-electron chi connectivity index (χ0n) is 15.6. The van der Waals surface area contributed by atoms with Gasteiger partial charge in [0.2, 0.25) is 0 Å². The summed E-state index contributed by atoms with van der Waals surface area (Å²) in [6, 6.07) is 11.0. The predicted molar refractivity (Wildman–Crippen MR) is 104 cm³/mol. The first kappa shape index (κ1) is 19.1. The van der Waals surface area contributed by atoms with E-state index in [2.05, 4.69) is 0 Å². The maximum absolute atomic E-state index is 13.0. The molecule has 0 aliphatic heterocycles. The minimum Gasteiger partial charge on any atom is -0.493 e. The quantitative estimate of drug-likeness (QED) is 0.379. The number of anilines is 1. The minimum absolute atomic E-state index is 0.0475. The molecule has 1 heterocycles. The third-order valence-electron chi connectivity index (χ3n) is 4.32. The van der Waals surface area contributed by atoms with Crippen LogP contribution in [0.5, 0.6) is 5.75 Å². The number of hydrogen-bond donors (Lipinski definition) is 0. The predicted octanol–water partition coefficient (Wildman–Crippen LogP) is 3.68. The standard InChI is InChI=1S/C20H18N2O6/c1-4-21(14-7-5-6-12(2)8-14)19(23)16-10-13-9-15(22(25)26)11-17(27-3)18(13)28-20(16)24/h5-11H,4H2,1-3H3. The summed E-state index contributed by atoms with van der Waals surface area (Å²) in [6.45, 7) is 4.02. The Hall–Kier alpha value is -3.68. The fourth-order valence-electron chi connectivity index (χ4n) is 2.98. The first-order chi connectivity index (χ1) is 13.3. The number of nitrogens with zero attached hydrogens (tertiary/aromatic N) is 2. The molecule has 0 fully saturated rings. The van der Waals surface area contributed by atoms with Crippen LogP contribution in [0.25, 0.3) is 11.0 Å². The van der Waals surface area contributed by atoms with Gasteiger partial charge in [0, 0.05) is 23.7 Å². The Kier molecular flexibility index (Phi) is 5.12. The SMILES string of the molecule is CCN(C(=O)c1cc2cc([N+](=O)[O-])cc(OC)c2oc1=O)c1cccc(C)c1. The zero-order valence-corrected chi connectivity index (χ0v) is 15.6. The maximum atomic E-state index is 13.0.